The molecule has 108 valence electrons. The lowest BCUT2D eigenvalue weighted by Crippen LogP contribution is -2.37. The average Bonchev–Trinajstić information content (AvgIpc) is 2.62. The smallest absolute Gasteiger partial charge is 0.417 e. The number of rotatable bonds is 2. The van der Waals surface area contributed by atoms with Crippen LogP contribution in [0.5, 0.6) is 0 Å². The molecule has 0 heterocycles. The Hall–Kier alpha value is -1.79. The van der Waals surface area contributed by atoms with Crippen molar-refractivity contribution in [3.63, 3.8) is 0 Å². The first-order chi connectivity index (χ1) is 8.67. The summed E-state index contributed by atoms with van der Waals surface area (Å²) in [6.45, 7) is 5.02. The first-order valence-corrected chi connectivity index (χ1v) is 6.11. The van der Waals surface area contributed by atoms with E-state index >= 15 is 0 Å². The second-order valence-corrected chi connectivity index (χ2v) is 5.50. The Morgan fingerprint density at radius 2 is 1.79 bits per heavy atom. The van der Waals surface area contributed by atoms with E-state index in [2.05, 4.69) is 0 Å². The fourth-order valence-electron chi connectivity index (χ4n) is 1.84. The fraction of sp³-hybridized carbons (Fsp3) is 0.750. The number of carbonyl (C=O) groups is 3. The van der Waals surface area contributed by atoms with E-state index in [4.69, 9.17) is 14.6 Å². The number of carboxylic acid groups (broad SMARTS) is 1. The molecule has 0 aliphatic heterocycles. The third-order valence-electron chi connectivity index (χ3n) is 2.61. The Bertz CT molecular complexity index is 373. The lowest BCUT2D eigenvalue weighted by atomic mass is 10.1. The normalized spacial score (nSPS) is 22.7. The molecule has 0 spiro atoms. The number of amides is 2. The molecule has 1 aliphatic carbocycles. The van der Waals surface area contributed by atoms with Crippen LogP contribution in [-0.2, 0) is 14.3 Å². The highest BCUT2D eigenvalue weighted by Crippen LogP contribution is 2.27. The molecule has 0 bridgehead atoms. The van der Waals surface area contributed by atoms with Gasteiger partial charge in [0.2, 0.25) is 0 Å². The van der Waals surface area contributed by atoms with Crippen molar-refractivity contribution in [1.82, 2.24) is 5.32 Å². The number of alkyl carbamates (subject to hydrolysis) is 2. The molecule has 7 nitrogen and oxygen atoms in total. The van der Waals surface area contributed by atoms with Gasteiger partial charge in [-0.05, 0) is 40.0 Å². The molecule has 2 amide bonds. The van der Waals surface area contributed by atoms with Gasteiger partial charge in [-0.25, -0.2) is 14.9 Å². The minimum Gasteiger partial charge on any atom is -0.481 e. The van der Waals surface area contributed by atoms with Crippen LogP contribution < -0.4 is 5.32 Å². The van der Waals surface area contributed by atoms with E-state index in [1.54, 1.807) is 20.8 Å². The zero-order valence-corrected chi connectivity index (χ0v) is 11.3. The van der Waals surface area contributed by atoms with E-state index in [0.717, 1.165) is 0 Å². The maximum atomic E-state index is 11.4. The second kappa shape index (κ2) is 5.90. The highest BCUT2D eigenvalue weighted by atomic mass is 16.6. The number of carboxylic acids is 1. The summed E-state index contributed by atoms with van der Waals surface area (Å²) < 4.78 is 9.85. The van der Waals surface area contributed by atoms with E-state index in [9.17, 15) is 14.4 Å². The molecule has 2 N–H and O–H groups in total. The average molecular weight is 273 g/mol. The fourth-order valence-corrected chi connectivity index (χ4v) is 1.84. The van der Waals surface area contributed by atoms with Crippen LogP contribution in [0.1, 0.15) is 40.0 Å². The maximum absolute atomic E-state index is 11.4. The van der Waals surface area contributed by atoms with Crippen LogP contribution in [0.2, 0.25) is 0 Å². The van der Waals surface area contributed by atoms with Crippen molar-refractivity contribution < 1.29 is 29.0 Å². The summed E-state index contributed by atoms with van der Waals surface area (Å²) in [5.41, 5.74) is -0.702. The summed E-state index contributed by atoms with van der Waals surface area (Å²) in [7, 11) is 0. The first-order valence-electron chi connectivity index (χ1n) is 6.11. The summed E-state index contributed by atoms with van der Waals surface area (Å²) in [6, 6.07) is 0. The predicted molar refractivity (Wildman–Crippen MR) is 64.6 cm³/mol. The van der Waals surface area contributed by atoms with Gasteiger partial charge in [-0.2, -0.15) is 0 Å². The molecular formula is C12H19NO6. The molecule has 1 saturated carbocycles. The van der Waals surface area contributed by atoms with E-state index in [0.29, 0.717) is 12.8 Å². The van der Waals surface area contributed by atoms with Crippen LogP contribution in [0, 0.1) is 5.92 Å². The summed E-state index contributed by atoms with van der Waals surface area (Å²) >= 11 is 0. The van der Waals surface area contributed by atoms with Gasteiger partial charge in [0, 0.05) is 0 Å². The van der Waals surface area contributed by atoms with Gasteiger partial charge >= 0.3 is 18.2 Å². The monoisotopic (exact) mass is 273 g/mol. The SMILES string of the molecule is CC(C)(C)OC(=O)NC(=O)OC1CCC(C(=O)O)C1. The minimum absolute atomic E-state index is 0.275. The molecule has 1 rings (SSSR count). The van der Waals surface area contributed by atoms with E-state index in [1.165, 1.54) is 0 Å². The zero-order chi connectivity index (χ0) is 14.6. The number of imide groups is 1. The lowest BCUT2D eigenvalue weighted by molar-refractivity contribution is -0.141. The van der Waals surface area contributed by atoms with Gasteiger partial charge in [-0.3, -0.25) is 4.79 Å². The largest absolute Gasteiger partial charge is 0.481 e. The Morgan fingerprint density at radius 1 is 1.16 bits per heavy atom. The Morgan fingerprint density at radius 3 is 2.26 bits per heavy atom. The molecule has 0 aromatic carbocycles. The van der Waals surface area contributed by atoms with Gasteiger partial charge in [0.25, 0.3) is 0 Å². The Balaban J connectivity index is 2.33. The standard InChI is InChI=1S/C12H19NO6/c1-12(2,3)19-11(17)13-10(16)18-8-5-4-7(6-8)9(14)15/h7-8H,4-6H2,1-3H3,(H,14,15)(H,13,16,17). The molecule has 0 aromatic rings. The van der Waals surface area contributed by atoms with Gasteiger partial charge in [0.1, 0.15) is 11.7 Å². The van der Waals surface area contributed by atoms with E-state index < -0.39 is 35.8 Å². The highest BCUT2D eigenvalue weighted by molar-refractivity contribution is 5.87. The van der Waals surface area contributed by atoms with Crippen molar-refractivity contribution in [2.24, 2.45) is 5.92 Å². The molecule has 7 heteroatoms. The summed E-state index contributed by atoms with van der Waals surface area (Å²) in [5, 5.41) is 10.7. The second-order valence-electron chi connectivity index (χ2n) is 5.50. The summed E-state index contributed by atoms with van der Waals surface area (Å²) in [6.07, 6.45) is -1.03. The third-order valence-corrected chi connectivity index (χ3v) is 2.61. The Kier molecular flexibility index (Phi) is 4.74. The van der Waals surface area contributed by atoms with Crippen LogP contribution in [0.25, 0.3) is 0 Å². The molecule has 1 fully saturated rings. The van der Waals surface area contributed by atoms with Crippen molar-refractivity contribution >= 4 is 18.2 Å². The lowest BCUT2D eigenvalue weighted by Gasteiger charge is -2.19. The molecule has 1 aliphatic rings. The van der Waals surface area contributed by atoms with Gasteiger partial charge in [0.15, 0.2) is 0 Å². The van der Waals surface area contributed by atoms with Gasteiger partial charge in [0.05, 0.1) is 5.92 Å². The van der Waals surface area contributed by atoms with Gasteiger partial charge in [-0.15, -0.1) is 0 Å². The van der Waals surface area contributed by atoms with Crippen LogP contribution in [-0.4, -0.2) is 35.0 Å². The van der Waals surface area contributed by atoms with Gasteiger partial charge < -0.3 is 14.6 Å². The topological polar surface area (TPSA) is 102 Å². The van der Waals surface area contributed by atoms with Gasteiger partial charge in [-0.1, -0.05) is 0 Å². The summed E-state index contributed by atoms with van der Waals surface area (Å²) in [4.78, 5) is 33.4. The number of ether oxygens (including phenoxy) is 2. The quantitative estimate of drug-likeness (QED) is 0.796. The number of nitrogens with one attached hydrogen (secondary N) is 1. The van der Waals surface area contributed by atoms with Crippen LogP contribution in [0.3, 0.4) is 0 Å². The molecule has 0 aromatic heterocycles. The molecule has 2 unspecified atom stereocenters. The van der Waals surface area contributed by atoms with Crippen molar-refractivity contribution in [3.05, 3.63) is 0 Å². The maximum Gasteiger partial charge on any atom is 0.417 e. The molecule has 19 heavy (non-hydrogen) atoms. The summed E-state index contributed by atoms with van der Waals surface area (Å²) in [5.74, 6) is -1.38. The molecule has 0 saturated heterocycles. The van der Waals surface area contributed by atoms with Crippen LogP contribution in [0.15, 0.2) is 0 Å². The number of hydrogen-bond donors (Lipinski definition) is 2. The molecule has 0 radical (unpaired) electrons. The first kappa shape index (κ1) is 15.3. The molecular weight excluding hydrogens is 254 g/mol. The van der Waals surface area contributed by atoms with Crippen LogP contribution >= 0.6 is 0 Å². The minimum atomic E-state index is -0.912. The Labute approximate surface area is 111 Å². The van der Waals surface area contributed by atoms with Crippen molar-refractivity contribution in [1.29, 1.82) is 0 Å². The van der Waals surface area contributed by atoms with Crippen molar-refractivity contribution in [2.45, 2.75) is 51.7 Å². The van der Waals surface area contributed by atoms with Crippen molar-refractivity contribution in [3.8, 4) is 0 Å². The number of hydrogen-bond acceptors (Lipinski definition) is 5. The highest BCUT2D eigenvalue weighted by Gasteiger charge is 2.32. The third kappa shape index (κ3) is 5.58. The molecule has 2 atom stereocenters. The zero-order valence-electron chi connectivity index (χ0n) is 11.3. The van der Waals surface area contributed by atoms with E-state index in [-0.39, 0.29) is 6.42 Å². The van der Waals surface area contributed by atoms with Crippen molar-refractivity contribution in [2.75, 3.05) is 0 Å². The predicted octanol–water partition coefficient (Wildman–Crippen LogP) is 1.90. The van der Waals surface area contributed by atoms with E-state index in [1.807, 2.05) is 5.32 Å². The number of carbonyl (C=O) groups excluding carboxylic acids is 2. The van der Waals surface area contributed by atoms with Crippen LogP contribution in [0.4, 0.5) is 9.59 Å². The number of aliphatic carboxylic acids is 1.